The van der Waals surface area contributed by atoms with Crippen LogP contribution in [0.4, 0.5) is 0 Å². The molecule has 1 amide bonds. The number of hydrogen-bond acceptors (Lipinski definition) is 4. The summed E-state index contributed by atoms with van der Waals surface area (Å²) in [5.74, 6) is -0.0341. The van der Waals surface area contributed by atoms with Crippen LogP contribution in [-0.4, -0.2) is 23.0 Å². The van der Waals surface area contributed by atoms with Crippen LogP contribution in [-0.2, 0) is 0 Å². The monoisotopic (exact) mass is 271 g/mol. The zero-order valence-corrected chi connectivity index (χ0v) is 11.1. The van der Waals surface area contributed by atoms with Crippen molar-refractivity contribution >= 4 is 16.8 Å². The molecule has 1 aliphatic carbocycles. The molecular weight excluding hydrogens is 254 g/mol. The van der Waals surface area contributed by atoms with Crippen LogP contribution in [0, 0.1) is 0 Å². The van der Waals surface area contributed by atoms with E-state index < -0.39 is 5.91 Å². The highest BCUT2D eigenvalue weighted by molar-refractivity contribution is 6.05. The van der Waals surface area contributed by atoms with Crippen LogP contribution in [0.25, 0.3) is 10.9 Å². The van der Waals surface area contributed by atoms with Crippen LogP contribution in [0.5, 0.6) is 5.88 Å². The number of fused-ring (bicyclic) bond motifs is 1. The Bertz CT molecular complexity index is 657. The maximum Gasteiger partial charge on any atom is 0.249 e. The molecule has 1 aromatic heterocycles. The van der Waals surface area contributed by atoms with Crippen LogP contribution in [0.15, 0.2) is 30.3 Å². The van der Waals surface area contributed by atoms with E-state index in [9.17, 15) is 4.79 Å². The first-order chi connectivity index (χ1) is 9.63. The van der Waals surface area contributed by atoms with E-state index in [4.69, 9.17) is 16.2 Å². The zero-order chi connectivity index (χ0) is 14.1. The van der Waals surface area contributed by atoms with Crippen molar-refractivity contribution in [3.8, 4) is 5.88 Å². The molecule has 5 heteroatoms. The van der Waals surface area contributed by atoms with Crippen molar-refractivity contribution in [2.24, 2.45) is 11.5 Å². The molecular formula is C15H17N3O2. The van der Waals surface area contributed by atoms with Gasteiger partial charge in [-0.25, -0.2) is 4.98 Å². The number of hydrogen-bond donors (Lipinski definition) is 2. The van der Waals surface area contributed by atoms with Gasteiger partial charge < -0.3 is 16.2 Å². The summed E-state index contributed by atoms with van der Waals surface area (Å²) in [7, 11) is 0. The fourth-order valence-corrected chi connectivity index (χ4v) is 2.67. The van der Waals surface area contributed by atoms with Gasteiger partial charge >= 0.3 is 0 Å². The molecule has 2 unspecified atom stereocenters. The third kappa shape index (κ3) is 2.44. The van der Waals surface area contributed by atoms with E-state index >= 15 is 0 Å². The van der Waals surface area contributed by atoms with Gasteiger partial charge in [-0.3, -0.25) is 4.79 Å². The molecule has 0 radical (unpaired) electrons. The molecule has 0 saturated heterocycles. The van der Waals surface area contributed by atoms with Crippen LogP contribution >= 0.6 is 0 Å². The number of ether oxygens (including phenoxy) is 1. The predicted octanol–water partition coefficient (Wildman–Crippen LogP) is 1.59. The maximum atomic E-state index is 11.6. The lowest BCUT2D eigenvalue weighted by Gasteiger charge is -2.14. The number of primary amides is 1. The number of carbonyl (C=O) groups is 1. The van der Waals surface area contributed by atoms with Crippen LogP contribution in [0.1, 0.15) is 29.6 Å². The van der Waals surface area contributed by atoms with Crippen molar-refractivity contribution in [2.45, 2.75) is 31.4 Å². The van der Waals surface area contributed by atoms with E-state index in [0.29, 0.717) is 17.0 Å². The molecule has 3 rings (SSSR count). The van der Waals surface area contributed by atoms with Gasteiger partial charge in [-0.1, -0.05) is 18.2 Å². The zero-order valence-electron chi connectivity index (χ0n) is 11.1. The van der Waals surface area contributed by atoms with Crippen molar-refractivity contribution in [3.63, 3.8) is 0 Å². The van der Waals surface area contributed by atoms with E-state index in [-0.39, 0.29) is 12.1 Å². The van der Waals surface area contributed by atoms with Crippen molar-refractivity contribution < 1.29 is 9.53 Å². The molecule has 0 spiro atoms. The fourth-order valence-electron chi connectivity index (χ4n) is 2.67. The molecule has 20 heavy (non-hydrogen) atoms. The minimum atomic E-state index is -0.475. The second-order valence-electron chi connectivity index (χ2n) is 5.20. The molecule has 1 aromatic carbocycles. The first-order valence-corrected chi connectivity index (χ1v) is 6.75. The summed E-state index contributed by atoms with van der Waals surface area (Å²) in [5, 5.41) is 0.746. The minimum absolute atomic E-state index is 0.0689. The van der Waals surface area contributed by atoms with Crippen molar-refractivity contribution in [2.75, 3.05) is 0 Å². The largest absolute Gasteiger partial charge is 0.474 e. The average Bonchev–Trinajstić information content (AvgIpc) is 2.83. The summed E-state index contributed by atoms with van der Waals surface area (Å²) < 4.78 is 5.85. The van der Waals surface area contributed by atoms with E-state index in [1.165, 1.54) is 0 Å². The highest BCUT2D eigenvalue weighted by Crippen LogP contribution is 2.26. The van der Waals surface area contributed by atoms with Gasteiger partial charge in [0, 0.05) is 17.5 Å². The Morgan fingerprint density at radius 2 is 2.10 bits per heavy atom. The standard InChI is InChI=1S/C15H17N3O2/c16-9-5-6-10(7-9)20-14-8-12(15(17)19)11-3-1-2-4-13(11)18-14/h1-4,8-10H,5-7,16H2,(H2,17,19). The molecule has 0 bridgehead atoms. The van der Waals surface area contributed by atoms with Gasteiger partial charge in [0.15, 0.2) is 0 Å². The number of pyridine rings is 1. The fraction of sp³-hybridized carbons (Fsp3) is 0.333. The first kappa shape index (κ1) is 12.9. The normalized spacial score (nSPS) is 22.1. The molecule has 0 aliphatic heterocycles. The summed E-state index contributed by atoms with van der Waals surface area (Å²) in [4.78, 5) is 16.0. The van der Waals surface area contributed by atoms with E-state index in [0.717, 1.165) is 24.6 Å². The smallest absolute Gasteiger partial charge is 0.249 e. The summed E-state index contributed by atoms with van der Waals surface area (Å²) in [5.41, 5.74) is 12.5. The number of aromatic nitrogens is 1. The third-order valence-corrected chi connectivity index (χ3v) is 3.67. The van der Waals surface area contributed by atoms with Gasteiger partial charge in [-0.05, 0) is 25.3 Å². The molecule has 2 atom stereocenters. The Labute approximate surface area is 116 Å². The summed E-state index contributed by atoms with van der Waals surface area (Å²) in [6.07, 6.45) is 2.77. The highest BCUT2D eigenvalue weighted by atomic mass is 16.5. The second-order valence-corrected chi connectivity index (χ2v) is 5.20. The number of para-hydroxylation sites is 1. The molecule has 1 fully saturated rings. The van der Waals surface area contributed by atoms with Crippen LogP contribution in [0.3, 0.4) is 0 Å². The maximum absolute atomic E-state index is 11.6. The average molecular weight is 271 g/mol. The van der Waals surface area contributed by atoms with Crippen LogP contribution < -0.4 is 16.2 Å². The SMILES string of the molecule is NC(=O)c1cc(OC2CCC(N)C2)nc2ccccc12. The quantitative estimate of drug-likeness (QED) is 0.886. The Kier molecular flexibility index (Phi) is 3.28. The molecule has 1 saturated carbocycles. The lowest BCUT2D eigenvalue weighted by atomic mass is 10.1. The van der Waals surface area contributed by atoms with E-state index in [1.54, 1.807) is 6.07 Å². The number of carbonyl (C=O) groups excluding carboxylic acids is 1. The lowest BCUT2D eigenvalue weighted by Crippen LogP contribution is -2.20. The predicted molar refractivity (Wildman–Crippen MR) is 76.5 cm³/mol. The Hall–Kier alpha value is -2.14. The number of nitrogens with two attached hydrogens (primary N) is 2. The number of nitrogens with zero attached hydrogens (tertiary/aromatic N) is 1. The highest BCUT2D eigenvalue weighted by Gasteiger charge is 2.24. The Balaban J connectivity index is 1.97. The van der Waals surface area contributed by atoms with Gasteiger partial charge in [0.1, 0.15) is 6.10 Å². The molecule has 5 nitrogen and oxygen atoms in total. The van der Waals surface area contributed by atoms with Gasteiger partial charge in [0.2, 0.25) is 11.8 Å². The van der Waals surface area contributed by atoms with Gasteiger partial charge in [-0.2, -0.15) is 0 Å². The molecule has 1 aliphatic rings. The van der Waals surface area contributed by atoms with Gasteiger partial charge in [0.05, 0.1) is 11.1 Å². The second kappa shape index (κ2) is 5.09. The molecule has 104 valence electrons. The number of benzene rings is 1. The van der Waals surface area contributed by atoms with Crippen molar-refractivity contribution in [3.05, 3.63) is 35.9 Å². The van der Waals surface area contributed by atoms with Gasteiger partial charge in [0.25, 0.3) is 0 Å². The van der Waals surface area contributed by atoms with E-state index in [2.05, 4.69) is 4.98 Å². The first-order valence-electron chi connectivity index (χ1n) is 6.75. The number of rotatable bonds is 3. The summed E-state index contributed by atoms with van der Waals surface area (Å²) >= 11 is 0. The van der Waals surface area contributed by atoms with Crippen molar-refractivity contribution in [1.29, 1.82) is 0 Å². The molecule has 1 heterocycles. The minimum Gasteiger partial charge on any atom is -0.474 e. The van der Waals surface area contributed by atoms with Gasteiger partial charge in [-0.15, -0.1) is 0 Å². The topological polar surface area (TPSA) is 91.2 Å². The summed E-state index contributed by atoms with van der Waals surface area (Å²) in [6.45, 7) is 0. The lowest BCUT2D eigenvalue weighted by molar-refractivity contribution is 0.100. The van der Waals surface area contributed by atoms with E-state index in [1.807, 2.05) is 24.3 Å². The Morgan fingerprint density at radius 1 is 1.30 bits per heavy atom. The van der Waals surface area contributed by atoms with Crippen molar-refractivity contribution in [1.82, 2.24) is 4.98 Å². The van der Waals surface area contributed by atoms with Crippen LogP contribution in [0.2, 0.25) is 0 Å². The number of amides is 1. The third-order valence-electron chi connectivity index (χ3n) is 3.67. The molecule has 2 aromatic rings. The summed E-state index contributed by atoms with van der Waals surface area (Å²) in [6, 6.07) is 9.21. The molecule has 4 N–H and O–H groups in total. The Morgan fingerprint density at radius 3 is 2.80 bits per heavy atom.